The van der Waals surface area contributed by atoms with Gasteiger partial charge in [0.1, 0.15) is 6.61 Å². The number of hydrogen-bond acceptors (Lipinski definition) is 2. The highest BCUT2D eigenvalue weighted by molar-refractivity contribution is 5.69. The third-order valence-electron chi connectivity index (χ3n) is 5.82. The molecular formula is C28H29NO2. The molecule has 3 nitrogen and oxygen atoms in total. The van der Waals surface area contributed by atoms with Crippen molar-refractivity contribution in [1.82, 2.24) is 4.90 Å². The minimum atomic E-state index is -0.226. The number of amides is 1. The van der Waals surface area contributed by atoms with Crippen molar-refractivity contribution in [1.29, 1.82) is 0 Å². The Balaban J connectivity index is 1.53. The molecule has 0 spiro atoms. The van der Waals surface area contributed by atoms with Gasteiger partial charge in [-0.15, -0.1) is 0 Å². The van der Waals surface area contributed by atoms with Crippen molar-refractivity contribution in [3.8, 4) is 0 Å². The summed E-state index contributed by atoms with van der Waals surface area (Å²) < 4.78 is 5.73. The highest BCUT2D eigenvalue weighted by Crippen LogP contribution is 2.31. The maximum atomic E-state index is 13.1. The van der Waals surface area contributed by atoms with Crippen LogP contribution in [0, 0.1) is 0 Å². The van der Waals surface area contributed by atoms with Gasteiger partial charge >= 0.3 is 6.09 Å². The summed E-state index contributed by atoms with van der Waals surface area (Å²) in [6.07, 6.45) is 4.59. The first-order valence-electron chi connectivity index (χ1n) is 11.0. The van der Waals surface area contributed by atoms with Gasteiger partial charge in [-0.1, -0.05) is 103 Å². The molecule has 0 bridgehead atoms. The molecule has 1 amide bonds. The molecule has 0 N–H and O–H groups in total. The summed E-state index contributed by atoms with van der Waals surface area (Å²) in [5, 5.41) is 0. The van der Waals surface area contributed by atoms with Crippen LogP contribution in [0.2, 0.25) is 0 Å². The van der Waals surface area contributed by atoms with E-state index in [-0.39, 0.29) is 18.2 Å². The average molecular weight is 412 g/mol. The molecule has 1 aliphatic rings. The van der Waals surface area contributed by atoms with E-state index in [1.807, 2.05) is 47.4 Å². The van der Waals surface area contributed by atoms with Gasteiger partial charge in [-0.05, 0) is 42.9 Å². The van der Waals surface area contributed by atoms with E-state index >= 15 is 0 Å². The second-order valence-corrected chi connectivity index (χ2v) is 8.26. The molecule has 0 radical (unpaired) electrons. The normalized spacial score (nSPS) is 19.9. The third kappa shape index (κ3) is 5.64. The van der Waals surface area contributed by atoms with Gasteiger partial charge < -0.3 is 9.64 Å². The number of ether oxygens (including phenoxy) is 1. The zero-order valence-electron chi connectivity index (χ0n) is 18.0. The monoisotopic (exact) mass is 411 g/mol. The molecule has 158 valence electrons. The Labute approximate surface area is 185 Å². The molecule has 1 aliphatic heterocycles. The molecule has 2 atom stereocenters. The van der Waals surface area contributed by atoms with Crippen LogP contribution in [0.4, 0.5) is 4.79 Å². The van der Waals surface area contributed by atoms with Crippen molar-refractivity contribution < 1.29 is 9.53 Å². The Kier molecular flexibility index (Phi) is 6.83. The molecule has 0 aliphatic carbocycles. The van der Waals surface area contributed by atoms with Crippen molar-refractivity contribution in [3.05, 3.63) is 113 Å². The number of carbonyl (C=O) groups is 1. The number of likely N-dealkylation sites (tertiary alicyclic amines) is 1. The SMILES string of the molecule is CC1C/C(=C\c2ccccc2)C[C@H](Cc2ccccc2)N1C(=O)OCc1ccccc1. The van der Waals surface area contributed by atoms with E-state index in [1.165, 1.54) is 16.7 Å². The van der Waals surface area contributed by atoms with E-state index in [2.05, 4.69) is 61.5 Å². The lowest BCUT2D eigenvalue weighted by Crippen LogP contribution is -2.50. The minimum Gasteiger partial charge on any atom is -0.445 e. The van der Waals surface area contributed by atoms with Crippen molar-refractivity contribution >= 4 is 12.2 Å². The van der Waals surface area contributed by atoms with E-state index in [0.29, 0.717) is 6.61 Å². The molecule has 0 saturated carbocycles. The predicted octanol–water partition coefficient (Wildman–Crippen LogP) is 6.50. The second-order valence-electron chi connectivity index (χ2n) is 8.26. The summed E-state index contributed by atoms with van der Waals surface area (Å²) in [5.41, 5.74) is 4.83. The zero-order valence-corrected chi connectivity index (χ0v) is 18.0. The van der Waals surface area contributed by atoms with Crippen LogP contribution in [-0.4, -0.2) is 23.1 Å². The summed E-state index contributed by atoms with van der Waals surface area (Å²) in [4.78, 5) is 15.1. The van der Waals surface area contributed by atoms with Gasteiger partial charge in [0.2, 0.25) is 0 Å². The molecule has 1 heterocycles. The van der Waals surface area contributed by atoms with Gasteiger partial charge in [-0.3, -0.25) is 0 Å². The van der Waals surface area contributed by atoms with Crippen LogP contribution in [0.15, 0.2) is 96.6 Å². The van der Waals surface area contributed by atoms with Gasteiger partial charge in [0.15, 0.2) is 0 Å². The van der Waals surface area contributed by atoms with Crippen molar-refractivity contribution in [3.63, 3.8) is 0 Å². The first kappa shape index (κ1) is 20.9. The van der Waals surface area contributed by atoms with Crippen LogP contribution in [0.1, 0.15) is 36.5 Å². The Morgan fingerprint density at radius 1 is 0.871 bits per heavy atom. The van der Waals surface area contributed by atoms with Crippen LogP contribution < -0.4 is 0 Å². The summed E-state index contributed by atoms with van der Waals surface area (Å²) in [5.74, 6) is 0. The first-order chi connectivity index (χ1) is 15.2. The summed E-state index contributed by atoms with van der Waals surface area (Å²) in [6.45, 7) is 2.42. The Morgan fingerprint density at radius 3 is 2.10 bits per heavy atom. The maximum Gasteiger partial charge on any atom is 0.410 e. The lowest BCUT2D eigenvalue weighted by atomic mass is 9.87. The van der Waals surface area contributed by atoms with Gasteiger partial charge in [0.25, 0.3) is 0 Å². The van der Waals surface area contributed by atoms with Crippen LogP contribution in [-0.2, 0) is 17.8 Å². The zero-order chi connectivity index (χ0) is 21.5. The number of nitrogens with zero attached hydrogens (tertiary/aromatic N) is 1. The van der Waals surface area contributed by atoms with Gasteiger partial charge in [-0.25, -0.2) is 4.79 Å². The minimum absolute atomic E-state index is 0.0735. The number of carbonyl (C=O) groups excluding carboxylic acids is 1. The number of benzene rings is 3. The standard InChI is InChI=1S/C28H29NO2/c1-22-17-26(18-23-11-5-2-6-12-23)20-27(19-24-13-7-3-8-14-24)29(22)28(30)31-21-25-15-9-4-10-16-25/h2-16,18,22,27H,17,19-21H2,1H3/b26-18+/t22?,27-/m0/s1. The molecule has 1 fully saturated rings. The topological polar surface area (TPSA) is 29.5 Å². The quantitative estimate of drug-likeness (QED) is 0.479. The van der Waals surface area contributed by atoms with E-state index < -0.39 is 0 Å². The fourth-order valence-electron chi connectivity index (χ4n) is 4.40. The van der Waals surface area contributed by atoms with Crippen LogP contribution in [0.5, 0.6) is 0 Å². The molecule has 31 heavy (non-hydrogen) atoms. The Hall–Kier alpha value is -3.33. The highest BCUT2D eigenvalue weighted by Gasteiger charge is 2.35. The lowest BCUT2D eigenvalue weighted by Gasteiger charge is -2.41. The van der Waals surface area contributed by atoms with Crippen molar-refractivity contribution in [2.75, 3.05) is 0 Å². The summed E-state index contributed by atoms with van der Waals surface area (Å²) >= 11 is 0. The van der Waals surface area contributed by atoms with Crippen LogP contribution in [0.25, 0.3) is 6.08 Å². The molecule has 3 aromatic rings. The first-order valence-corrected chi connectivity index (χ1v) is 11.0. The van der Waals surface area contributed by atoms with E-state index in [9.17, 15) is 4.79 Å². The van der Waals surface area contributed by atoms with Crippen LogP contribution in [0.3, 0.4) is 0 Å². The molecule has 1 saturated heterocycles. The molecule has 3 aromatic carbocycles. The predicted molar refractivity (Wildman–Crippen MR) is 126 cm³/mol. The molecule has 0 aromatic heterocycles. The number of piperidine rings is 1. The lowest BCUT2D eigenvalue weighted by molar-refractivity contribution is 0.0558. The van der Waals surface area contributed by atoms with Crippen molar-refractivity contribution in [2.24, 2.45) is 0 Å². The second kappa shape index (κ2) is 10.1. The van der Waals surface area contributed by atoms with E-state index in [1.54, 1.807) is 0 Å². The molecular weight excluding hydrogens is 382 g/mol. The smallest absolute Gasteiger partial charge is 0.410 e. The third-order valence-corrected chi connectivity index (χ3v) is 5.82. The molecule has 3 heteroatoms. The number of hydrogen-bond donors (Lipinski definition) is 0. The van der Waals surface area contributed by atoms with Gasteiger partial charge in [0.05, 0.1) is 0 Å². The largest absolute Gasteiger partial charge is 0.445 e. The maximum absolute atomic E-state index is 13.1. The Bertz CT molecular complexity index is 999. The van der Waals surface area contributed by atoms with E-state index in [4.69, 9.17) is 4.74 Å². The molecule has 1 unspecified atom stereocenters. The fourth-order valence-corrected chi connectivity index (χ4v) is 4.40. The van der Waals surface area contributed by atoms with Crippen LogP contribution >= 0.6 is 0 Å². The van der Waals surface area contributed by atoms with Gasteiger partial charge in [0, 0.05) is 12.1 Å². The van der Waals surface area contributed by atoms with Crippen molar-refractivity contribution in [2.45, 2.75) is 44.9 Å². The number of rotatable bonds is 5. The summed E-state index contributed by atoms with van der Waals surface area (Å²) in [6, 6.07) is 30.8. The summed E-state index contributed by atoms with van der Waals surface area (Å²) in [7, 11) is 0. The fraction of sp³-hybridized carbons (Fsp3) is 0.250. The van der Waals surface area contributed by atoms with Gasteiger partial charge in [-0.2, -0.15) is 0 Å². The Morgan fingerprint density at radius 2 is 1.45 bits per heavy atom. The average Bonchev–Trinajstić information content (AvgIpc) is 2.79. The van der Waals surface area contributed by atoms with E-state index in [0.717, 1.165) is 24.8 Å². The molecule has 4 rings (SSSR count). The highest BCUT2D eigenvalue weighted by atomic mass is 16.6.